The summed E-state index contributed by atoms with van der Waals surface area (Å²) in [5.41, 5.74) is 3.85. The maximum Gasteiger partial charge on any atom is 0.270 e. The van der Waals surface area contributed by atoms with Gasteiger partial charge < -0.3 is 20.3 Å². The standard InChI is InChI=1S/C33H38N6O2/c1-22(16-34)17-35-31-27-15-24(8-7-23(27)9-14-30(31)41-3)28-5-4-6-29(37-28)32(40)36-25-10-12-26(13-11-25)39-20-33(21-39)18-38(2)19-33/h4-9,14-15,25-26,35H,1,10-13,17-21H2,2-3H3,(H,36,40)/t25-,26-. The van der Waals surface area contributed by atoms with Gasteiger partial charge >= 0.3 is 0 Å². The van der Waals surface area contributed by atoms with Gasteiger partial charge in [0, 0.05) is 66.7 Å². The molecule has 0 radical (unpaired) electrons. The number of nitrogens with zero attached hydrogens (tertiary/aromatic N) is 4. The third kappa shape index (κ3) is 5.52. The summed E-state index contributed by atoms with van der Waals surface area (Å²) in [7, 11) is 3.83. The Hall–Kier alpha value is -3.93. The number of nitriles is 1. The Balaban J connectivity index is 1.12. The van der Waals surface area contributed by atoms with Crippen molar-refractivity contribution in [2.45, 2.75) is 37.8 Å². The van der Waals surface area contributed by atoms with Crippen LogP contribution in [0.2, 0.25) is 0 Å². The molecule has 2 saturated heterocycles. The fourth-order valence-electron chi connectivity index (χ4n) is 6.98. The molecule has 1 aromatic heterocycles. The zero-order chi connectivity index (χ0) is 28.6. The molecule has 2 N–H and O–H groups in total. The number of pyridine rings is 1. The number of hydrogen-bond donors (Lipinski definition) is 2. The number of carbonyl (C=O) groups is 1. The van der Waals surface area contributed by atoms with Crippen LogP contribution in [0, 0.1) is 16.7 Å². The minimum absolute atomic E-state index is 0.115. The van der Waals surface area contributed by atoms with Gasteiger partial charge in [0.15, 0.2) is 0 Å². The minimum atomic E-state index is -0.115. The number of methoxy groups -OCH3 is 1. The zero-order valence-corrected chi connectivity index (χ0v) is 23.9. The summed E-state index contributed by atoms with van der Waals surface area (Å²) in [6.45, 7) is 9.06. The molecule has 8 heteroatoms. The van der Waals surface area contributed by atoms with E-state index in [1.807, 2.05) is 42.5 Å². The third-order valence-corrected chi connectivity index (χ3v) is 8.95. The molecule has 1 spiro atoms. The van der Waals surface area contributed by atoms with Crippen LogP contribution < -0.4 is 15.4 Å². The van der Waals surface area contributed by atoms with Crippen LogP contribution in [0.1, 0.15) is 36.2 Å². The van der Waals surface area contributed by atoms with Crippen LogP contribution in [0.15, 0.2) is 60.7 Å². The summed E-state index contributed by atoms with van der Waals surface area (Å²) < 4.78 is 5.59. The first-order valence-electron chi connectivity index (χ1n) is 14.5. The van der Waals surface area contributed by atoms with Crippen molar-refractivity contribution in [1.82, 2.24) is 20.1 Å². The molecule has 1 aliphatic carbocycles. The second-order valence-corrected chi connectivity index (χ2v) is 12.1. The van der Waals surface area contributed by atoms with E-state index in [1.165, 1.54) is 26.2 Å². The monoisotopic (exact) mass is 550 g/mol. The first-order valence-corrected chi connectivity index (χ1v) is 14.5. The van der Waals surface area contributed by atoms with Gasteiger partial charge in [0.2, 0.25) is 0 Å². The molecule has 2 aromatic carbocycles. The van der Waals surface area contributed by atoms with E-state index < -0.39 is 0 Å². The van der Waals surface area contributed by atoms with Crippen molar-refractivity contribution in [3.63, 3.8) is 0 Å². The lowest BCUT2D eigenvalue weighted by Crippen LogP contribution is -2.72. The first kappa shape index (κ1) is 27.3. The fraction of sp³-hybridized carbons (Fsp3) is 0.424. The number of carbonyl (C=O) groups excluding carboxylic acids is 1. The van der Waals surface area contributed by atoms with Crippen LogP contribution in [-0.2, 0) is 0 Å². The van der Waals surface area contributed by atoms with Gasteiger partial charge in [-0.1, -0.05) is 30.8 Å². The second-order valence-electron chi connectivity index (χ2n) is 12.1. The number of anilines is 1. The van der Waals surface area contributed by atoms with Crippen molar-refractivity contribution in [2.75, 3.05) is 52.2 Å². The van der Waals surface area contributed by atoms with Crippen LogP contribution in [0.3, 0.4) is 0 Å². The van der Waals surface area contributed by atoms with Crippen molar-refractivity contribution in [3.05, 3.63) is 66.4 Å². The molecule has 6 rings (SSSR count). The number of nitrogens with one attached hydrogen (secondary N) is 2. The summed E-state index contributed by atoms with van der Waals surface area (Å²) in [4.78, 5) is 23.0. The normalized spacial score (nSPS) is 21.9. The lowest BCUT2D eigenvalue weighted by atomic mass is 9.71. The van der Waals surface area contributed by atoms with Crippen molar-refractivity contribution >= 4 is 22.4 Å². The van der Waals surface area contributed by atoms with Gasteiger partial charge in [-0.15, -0.1) is 0 Å². The number of amides is 1. The van der Waals surface area contributed by atoms with E-state index in [2.05, 4.69) is 40.1 Å². The maximum absolute atomic E-state index is 13.2. The Bertz CT molecular complexity index is 1510. The van der Waals surface area contributed by atoms with Crippen molar-refractivity contribution in [2.24, 2.45) is 5.41 Å². The molecule has 212 valence electrons. The number of hydrogen-bond acceptors (Lipinski definition) is 7. The van der Waals surface area contributed by atoms with E-state index in [0.717, 1.165) is 53.4 Å². The topological polar surface area (TPSA) is 93.5 Å². The van der Waals surface area contributed by atoms with E-state index in [-0.39, 0.29) is 11.9 Å². The number of ether oxygens (including phenoxy) is 1. The smallest absolute Gasteiger partial charge is 0.270 e. The van der Waals surface area contributed by atoms with Gasteiger partial charge in [-0.25, -0.2) is 4.98 Å². The molecule has 3 heterocycles. The van der Waals surface area contributed by atoms with E-state index >= 15 is 0 Å². The average molecular weight is 551 g/mol. The van der Waals surface area contributed by atoms with E-state index in [4.69, 9.17) is 15.0 Å². The van der Waals surface area contributed by atoms with Gasteiger partial charge in [0.05, 0.1) is 24.6 Å². The zero-order valence-electron chi connectivity index (χ0n) is 23.9. The molecule has 0 unspecified atom stereocenters. The summed E-state index contributed by atoms with van der Waals surface area (Å²) in [5.74, 6) is 0.566. The van der Waals surface area contributed by atoms with Gasteiger partial charge in [-0.05, 0) is 62.4 Å². The molecule has 3 fully saturated rings. The molecule has 3 aromatic rings. The number of fused-ring (bicyclic) bond motifs is 1. The Morgan fingerprint density at radius 1 is 1.12 bits per heavy atom. The highest BCUT2D eigenvalue weighted by Crippen LogP contribution is 2.42. The average Bonchev–Trinajstić information content (AvgIpc) is 2.97. The molecule has 0 atom stereocenters. The molecular weight excluding hydrogens is 512 g/mol. The highest BCUT2D eigenvalue weighted by molar-refractivity contribution is 5.99. The van der Waals surface area contributed by atoms with Crippen LogP contribution in [0.4, 0.5) is 5.69 Å². The largest absolute Gasteiger partial charge is 0.495 e. The number of likely N-dealkylation sites (tertiary alicyclic amines) is 2. The third-order valence-electron chi connectivity index (χ3n) is 8.95. The van der Waals surface area contributed by atoms with Gasteiger partial charge in [0.25, 0.3) is 5.91 Å². The van der Waals surface area contributed by atoms with Crippen molar-refractivity contribution < 1.29 is 9.53 Å². The molecule has 8 nitrogen and oxygen atoms in total. The van der Waals surface area contributed by atoms with Crippen LogP contribution in [-0.4, -0.2) is 79.7 Å². The minimum Gasteiger partial charge on any atom is -0.495 e. The fourth-order valence-corrected chi connectivity index (χ4v) is 6.98. The Morgan fingerprint density at radius 3 is 2.59 bits per heavy atom. The van der Waals surface area contributed by atoms with Crippen LogP contribution in [0.5, 0.6) is 5.75 Å². The van der Waals surface area contributed by atoms with Crippen LogP contribution in [0.25, 0.3) is 22.0 Å². The number of aromatic nitrogens is 1. The van der Waals surface area contributed by atoms with E-state index in [9.17, 15) is 4.79 Å². The maximum atomic E-state index is 13.2. The predicted octanol–water partition coefficient (Wildman–Crippen LogP) is 4.69. The van der Waals surface area contributed by atoms with Gasteiger partial charge in [0.1, 0.15) is 11.4 Å². The lowest BCUT2D eigenvalue weighted by Gasteiger charge is -2.62. The molecular formula is C33H38N6O2. The summed E-state index contributed by atoms with van der Waals surface area (Å²) in [6, 6.07) is 18.5. The number of rotatable bonds is 8. The molecule has 2 aliphatic heterocycles. The Morgan fingerprint density at radius 2 is 1.88 bits per heavy atom. The first-order chi connectivity index (χ1) is 19.9. The highest BCUT2D eigenvalue weighted by atomic mass is 16.5. The van der Waals surface area contributed by atoms with Crippen LogP contribution >= 0.6 is 0 Å². The van der Waals surface area contributed by atoms with Gasteiger partial charge in [-0.2, -0.15) is 5.26 Å². The van der Waals surface area contributed by atoms with Gasteiger partial charge in [-0.3, -0.25) is 9.69 Å². The van der Waals surface area contributed by atoms with E-state index in [0.29, 0.717) is 35.0 Å². The van der Waals surface area contributed by atoms with Crippen molar-refractivity contribution in [3.8, 4) is 23.1 Å². The Kier molecular flexibility index (Phi) is 7.41. The number of benzene rings is 2. The SMILES string of the molecule is C=C(C#N)CNc1c(OC)ccc2ccc(-c3cccc(C(=O)N[C@H]4CC[C@H](N5CC6(CN(C)C6)C5)CC4)n3)cc12. The quantitative estimate of drug-likeness (QED) is 0.393. The summed E-state index contributed by atoms with van der Waals surface area (Å²) >= 11 is 0. The van der Waals surface area contributed by atoms with E-state index in [1.54, 1.807) is 13.2 Å². The Labute approximate surface area is 242 Å². The lowest BCUT2D eigenvalue weighted by molar-refractivity contribution is -0.125. The molecule has 3 aliphatic rings. The second kappa shape index (κ2) is 11.2. The molecule has 1 saturated carbocycles. The predicted molar refractivity (Wildman–Crippen MR) is 162 cm³/mol. The highest BCUT2D eigenvalue weighted by Gasteiger charge is 2.51. The van der Waals surface area contributed by atoms with Crippen molar-refractivity contribution in [1.29, 1.82) is 5.26 Å². The summed E-state index contributed by atoms with van der Waals surface area (Å²) in [6.07, 6.45) is 4.31. The molecule has 41 heavy (non-hydrogen) atoms. The molecule has 1 amide bonds. The molecule has 0 bridgehead atoms. The summed E-state index contributed by atoms with van der Waals surface area (Å²) in [5, 5.41) is 17.7.